The Balaban J connectivity index is 2.13. The Hall–Kier alpha value is -1.78. The Kier molecular flexibility index (Phi) is 3.17. The molecule has 1 N–H and O–H groups in total. The number of piperidine rings is 1. The fourth-order valence-corrected chi connectivity index (χ4v) is 1.90. The number of benzene rings is 1. The number of amides is 2. The number of carbonyl (C=O) groups is 2. The molecule has 1 unspecified atom stereocenters. The van der Waals surface area contributed by atoms with Crippen molar-refractivity contribution in [2.45, 2.75) is 19.3 Å². The third-order valence-corrected chi connectivity index (χ3v) is 2.85. The predicted octanol–water partition coefficient (Wildman–Crippen LogP) is 1.56. The summed E-state index contributed by atoms with van der Waals surface area (Å²) in [5.41, 5.74) is 0.166. The van der Waals surface area contributed by atoms with Gasteiger partial charge in [0, 0.05) is 12.3 Å². The van der Waals surface area contributed by atoms with E-state index in [0.29, 0.717) is 6.42 Å². The van der Waals surface area contributed by atoms with Gasteiger partial charge in [0.2, 0.25) is 11.8 Å². The highest BCUT2D eigenvalue weighted by Crippen LogP contribution is 2.21. The summed E-state index contributed by atoms with van der Waals surface area (Å²) in [6, 6.07) is 3.88. The molecule has 1 heterocycles. The largest absolute Gasteiger partial charge is 0.296 e. The second kappa shape index (κ2) is 4.61. The fraction of sp³-hybridized carbons (Fsp3) is 0.333. The van der Waals surface area contributed by atoms with Gasteiger partial charge in [-0.05, 0) is 24.5 Å². The summed E-state index contributed by atoms with van der Waals surface area (Å²) < 4.78 is 26.3. The molecule has 0 aliphatic carbocycles. The van der Waals surface area contributed by atoms with E-state index in [1.807, 2.05) is 0 Å². The van der Waals surface area contributed by atoms with Gasteiger partial charge in [0.15, 0.2) is 11.6 Å². The summed E-state index contributed by atoms with van der Waals surface area (Å²) in [5.74, 6) is -3.04. The zero-order chi connectivity index (χ0) is 12.4. The summed E-state index contributed by atoms with van der Waals surface area (Å²) in [4.78, 5) is 22.4. The number of hydrogen-bond donors (Lipinski definition) is 1. The Labute approximate surface area is 96.8 Å². The Morgan fingerprint density at radius 2 is 2.06 bits per heavy atom. The number of carbonyl (C=O) groups excluding carboxylic acids is 2. The first kappa shape index (κ1) is 11.7. The molecule has 1 aromatic carbocycles. The predicted molar refractivity (Wildman–Crippen MR) is 55.9 cm³/mol. The summed E-state index contributed by atoms with van der Waals surface area (Å²) in [5, 5.41) is 2.19. The van der Waals surface area contributed by atoms with Crippen LogP contribution >= 0.6 is 0 Å². The highest BCUT2D eigenvalue weighted by molar-refractivity contribution is 5.98. The SMILES string of the molecule is O=C1CCC(Cc2cccc(F)c2F)C(=O)N1. The van der Waals surface area contributed by atoms with Crippen molar-refractivity contribution < 1.29 is 18.4 Å². The van der Waals surface area contributed by atoms with E-state index in [-0.39, 0.29) is 24.3 Å². The van der Waals surface area contributed by atoms with Crippen molar-refractivity contribution in [2.75, 3.05) is 0 Å². The molecule has 0 saturated carbocycles. The maximum Gasteiger partial charge on any atom is 0.230 e. The molecule has 1 aliphatic rings. The minimum atomic E-state index is -0.921. The topological polar surface area (TPSA) is 46.2 Å². The smallest absolute Gasteiger partial charge is 0.230 e. The summed E-state index contributed by atoms with van der Waals surface area (Å²) in [6.45, 7) is 0. The van der Waals surface area contributed by atoms with Crippen LogP contribution in [0.3, 0.4) is 0 Å². The van der Waals surface area contributed by atoms with Gasteiger partial charge in [-0.1, -0.05) is 12.1 Å². The van der Waals surface area contributed by atoms with Crippen molar-refractivity contribution in [3.8, 4) is 0 Å². The molecule has 1 fully saturated rings. The average Bonchev–Trinajstić information content (AvgIpc) is 2.28. The van der Waals surface area contributed by atoms with Gasteiger partial charge in [0.1, 0.15) is 0 Å². The van der Waals surface area contributed by atoms with Gasteiger partial charge < -0.3 is 0 Å². The maximum atomic E-state index is 13.4. The second-order valence-electron chi connectivity index (χ2n) is 4.07. The van der Waals surface area contributed by atoms with Crippen LogP contribution in [0.5, 0.6) is 0 Å². The molecular weight excluding hydrogens is 228 g/mol. The van der Waals surface area contributed by atoms with Crippen LogP contribution in [0.25, 0.3) is 0 Å². The lowest BCUT2D eigenvalue weighted by Gasteiger charge is -2.20. The minimum Gasteiger partial charge on any atom is -0.296 e. The zero-order valence-corrected chi connectivity index (χ0v) is 9.00. The molecule has 0 radical (unpaired) electrons. The lowest BCUT2D eigenvalue weighted by atomic mass is 9.91. The first-order valence-electron chi connectivity index (χ1n) is 5.34. The van der Waals surface area contributed by atoms with Crippen molar-refractivity contribution in [3.63, 3.8) is 0 Å². The third kappa shape index (κ3) is 2.49. The Morgan fingerprint density at radius 3 is 2.76 bits per heavy atom. The van der Waals surface area contributed by atoms with Crippen molar-refractivity contribution in [3.05, 3.63) is 35.4 Å². The third-order valence-electron chi connectivity index (χ3n) is 2.85. The molecule has 1 atom stereocenters. The standard InChI is InChI=1S/C12H11F2NO2/c13-9-3-1-2-7(11(9)14)6-8-4-5-10(16)15-12(8)17/h1-3,8H,4-6H2,(H,15,16,17). The van der Waals surface area contributed by atoms with E-state index in [1.165, 1.54) is 12.1 Å². The molecule has 3 nitrogen and oxygen atoms in total. The lowest BCUT2D eigenvalue weighted by molar-refractivity contribution is -0.136. The van der Waals surface area contributed by atoms with Crippen molar-refractivity contribution in [1.29, 1.82) is 0 Å². The van der Waals surface area contributed by atoms with Gasteiger partial charge in [-0.3, -0.25) is 14.9 Å². The summed E-state index contributed by atoms with van der Waals surface area (Å²) >= 11 is 0. The molecule has 17 heavy (non-hydrogen) atoms. The molecule has 0 aromatic heterocycles. The molecule has 1 aromatic rings. The molecule has 90 valence electrons. The van der Waals surface area contributed by atoms with E-state index in [2.05, 4.69) is 5.32 Å². The number of halogens is 2. The summed E-state index contributed by atoms with van der Waals surface area (Å²) in [7, 11) is 0. The molecule has 0 bridgehead atoms. The number of imide groups is 1. The van der Waals surface area contributed by atoms with Crippen LogP contribution in [0.15, 0.2) is 18.2 Å². The molecule has 2 amide bonds. The number of nitrogens with one attached hydrogen (secondary N) is 1. The highest BCUT2D eigenvalue weighted by Gasteiger charge is 2.27. The first-order valence-corrected chi connectivity index (χ1v) is 5.34. The average molecular weight is 239 g/mol. The Bertz CT molecular complexity index is 474. The maximum absolute atomic E-state index is 13.4. The van der Waals surface area contributed by atoms with E-state index in [1.54, 1.807) is 0 Å². The molecule has 0 spiro atoms. The molecular formula is C12H11F2NO2. The van der Waals surface area contributed by atoms with Crippen LogP contribution in [-0.4, -0.2) is 11.8 Å². The zero-order valence-electron chi connectivity index (χ0n) is 9.00. The lowest BCUT2D eigenvalue weighted by Crippen LogP contribution is -2.41. The van der Waals surface area contributed by atoms with E-state index >= 15 is 0 Å². The first-order chi connectivity index (χ1) is 8.08. The van der Waals surface area contributed by atoms with Crippen LogP contribution in [-0.2, 0) is 16.0 Å². The van der Waals surface area contributed by atoms with Crippen LogP contribution in [0, 0.1) is 17.6 Å². The van der Waals surface area contributed by atoms with Gasteiger partial charge in [-0.2, -0.15) is 0 Å². The normalized spacial score (nSPS) is 20.2. The van der Waals surface area contributed by atoms with Crippen LogP contribution in [0.2, 0.25) is 0 Å². The molecule has 2 rings (SSSR count). The van der Waals surface area contributed by atoms with Crippen LogP contribution in [0.1, 0.15) is 18.4 Å². The molecule has 5 heteroatoms. The molecule has 1 aliphatic heterocycles. The van der Waals surface area contributed by atoms with Gasteiger partial charge in [0.25, 0.3) is 0 Å². The van der Waals surface area contributed by atoms with Crippen molar-refractivity contribution >= 4 is 11.8 Å². The number of rotatable bonds is 2. The van der Waals surface area contributed by atoms with E-state index < -0.39 is 23.5 Å². The Morgan fingerprint density at radius 1 is 1.29 bits per heavy atom. The van der Waals surface area contributed by atoms with E-state index in [4.69, 9.17) is 0 Å². The van der Waals surface area contributed by atoms with Crippen LogP contribution in [0.4, 0.5) is 8.78 Å². The van der Waals surface area contributed by atoms with Crippen molar-refractivity contribution in [1.82, 2.24) is 5.32 Å². The van der Waals surface area contributed by atoms with Crippen LogP contribution < -0.4 is 5.32 Å². The van der Waals surface area contributed by atoms with E-state index in [9.17, 15) is 18.4 Å². The second-order valence-corrected chi connectivity index (χ2v) is 4.07. The van der Waals surface area contributed by atoms with Gasteiger partial charge in [-0.25, -0.2) is 8.78 Å². The van der Waals surface area contributed by atoms with Crippen molar-refractivity contribution in [2.24, 2.45) is 5.92 Å². The fourth-order valence-electron chi connectivity index (χ4n) is 1.90. The minimum absolute atomic E-state index is 0.114. The molecule has 1 saturated heterocycles. The summed E-state index contributed by atoms with van der Waals surface area (Å²) in [6.07, 6.45) is 0.733. The monoisotopic (exact) mass is 239 g/mol. The van der Waals surface area contributed by atoms with Gasteiger partial charge in [-0.15, -0.1) is 0 Å². The highest BCUT2D eigenvalue weighted by atomic mass is 19.2. The van der Waals surface area contributed by atoms with Gasteiger partial charge in [0.05, 0.1) is 0 Å². The van der Waals surface area contributed by atoms with E-state index in [0.717, 1.165) is 6.07 Å². The number of hydrogen-bond acceptors (Lipinski definition) is 2. The van der Waals surface area contributed by atoms with Gasteiger partial charge >= 0.3 is 0 Å². The quantitative estimate of drug-likeness (QED) is 0.796.